The molecule has 1 amide bonds. The minimum atomic E-state index is -0.538. The topological polar surface area (TPSA) is 57.8 Å². The molecule has 2 heterocycles. The third kappa shape index (κ3) is 3.20. The summed E-state index contributed by atoms with van der Waals surface area (Å²) in [7, 11) is 0. The number of aryl methyl sites for hydroxylation is 1. The van der Waals surface area contributed by atoms with Crippen molar-refractivity contribution in [3.8, 4) is 0 Å². The maximum Gasteiger partial charge on any atom is 0.267 e. The van der Waals surface area contributed by atoms with Crippen LogP contribution in [-0.4, -0.2) is 21.9 Å². The van der Waals surface area contributed by atoms with E-state index in [-0.39, 0.29) is 22.4 Å². The molecule has 6 heteroatoms. The molecule has 0 unspecified atom stereocenters. The van der Waals surface area contributed by atoms with Crippen LogP contribution in [-0.2, 0) is 0 Å². The zero-order chi connectivity index (χ0) is 16.8. The molecular formula is C17H21ClFN3O. The Labute approximate surface area is 139 Å². The van der Waals surface area contributed by atoms with Gasteiger partial charge < -0.3 is 10.3 Å². The normalized spacial score (nSPS) is 18.3. The van der Waals surface area contributed by atoms with Gasteiger partial charge in [0.25, 0.3) is 5.91 Å². The highest BCUT2D eigenvalue weighted by molar-refractivity contribution is 6.32. The van der Waals surface area contributed by atoms with E-state index in [0.717, 1.165) is 25.7 Å². The Balaban J connectivity index is 1.78. The van der Waals surface area contributed by atoms with E-state index in [4.69, 9.17) is 11.6 Å². The first-order chi connectivity index (χ1) is 10.8. The average Bonchev–Trinajstić information content (AvgIpc) is 2.91. The van der Waals surface area contributed by atoms with Crippen LogP contribution in [0.15, 0.2) is 6.07 Å². The van der Waals surface area contributed by atoms with E-state index in [1.165, 1.54) is 6.07 Å². The monoisotopic (exact) mass is 337 g/mol. The number of aromatic amines is 1. The molecule has 3 rings (SSSR count). The maximum absolute atomic E-state index is 14.2. The fourth-order valence-corrected chi connectivity index (χ4v) is 3.27. The van der Waals surface area contributed by atoms with Crippen molar-refractivity contribution in [2.45, 2.75) is 52.5 Å². The minimum Gasteiger partial charge on any atom is -0.348 e. The molecule has 0 bridgehead atoms. The number of hydrogen-bond donors (Lipinski definition) is 2. The van der Waals surface area contributed by atoms with Crippen LogP contribution in [0, 0.1) is 18.2 Å². The molecule has 1 fully saturated rings. The number of fused-ring (bicyclic) bond motifs is 1. The lowest BCUT2D eigenvalue weighted by molar-refractivity contribution is 0.0905. The number of pyridine rings is 1. The molecule has 2 aromatic rings. The zero-order valence-electron chi connectivity index (χ0n) is 13.6. The van der Waals surface area contributed by atoms with Crippen LogP contribution >= 0.6 is 11.6 Å². The summed E-state index contributed by atoms with van der Waals surface area (Å²) in [6, 6.07) is 1.65. The van der Waals surface area contributed by atoms with Crippen LogP contribution < -0.4 is 5.32 Å². The largest absolute Gasteiger partial charge is 0.348 e. The second kappa shape index (κ2) is 5.78. The van der Waals surface area contributed by atoms with E-state index >= 15 is 0 Å². The van der Waals surface area contributed by atoms with Crippen LogP contribution in [0.5, 0.6) is 0 Å². The number of hydrogen-bond acceptors (Lipinski definition) is 2. The Morgan fingerprint density at radius 3 is 2.74 bits per heavy atom. The first kappa shape index (κ1) is 16.2. The highest BCUT2D eigenvalue weighted by Crippen LogP contribution is 2.35. The number of carbonyl (C=O) groups excluding carboxylic acids is 1. The van der Waals surface area contributed by atoms with Gasteiger partial charge in [0, 0.05) is 6.04 Å². The third-order valence-electron chi connectivity index (χ3n) is 4.74. The van der Waals surface area contributed by atoms with Gasteiger partial charge in [-0.05, 0) is 44.1 Å². The highest BCUT2D eigenvalue weighted by Gasteiger charge is 2.28. The fourth-order valence-electron chi connectivity index (χ4n) is 3.12. The van der Waals surface area contributed by atoms with Crippen LogP contribution in [0.2, 0.25) is 5.02 Å². The predicted octanol–water partition coefficient (Wildman–Crippen LogP) is 4.36. The van der Waals surface area contributed by atoms with Crippen LogP contribution in [0.3, 0.4) is 0 Å². The number of nitrogens with one attached hydrogen (secondary N) is 2. The number of halogens is 2. The molecule has 0 atom stereocenters. The van der Waals surface area contributed by atoms with Crippen molar-refractivity contribution >= 4 is 28.5 Å². The van der Waals surface area contributed by atoms with E-state index in [2.05, 4.69) is 29.1 Å². The lowest BCUT2D eigenvalue weighted by Gasteiger charge is -2.34. The van der Waals surface area contributed by atoms with Crippen molar-refractivity contribution in [3.63, 3.8) is 0 Å². The van der Waals surface area contributed by atoms with Gasteiger partial charge in [0.2, 0.25) is 0 Å². The summed E-state index contributed by atoms with van der Waals surface area (Å²) in [6.45, 7) is 6.14. The summed E-state index contributed by atoms with van der Waals surface area (Å²) < 4.78 is 14.2. The average molecular weight is 338 g/mol. The molecule has 124 valence electrons. The Kier molecular flexibility index (Phi) is 4.08. The van der Waals surface area contributed by atoms with E-state index in [9.17, 15) is 9.18 Å². The smallest absolute Gasteiger partial charge is 0.267 e. The van der Waals surface area contributed by atoms with E-state index in [1.54, 1.807) is 6.92 Å². The Bertz CT molecular complexity index is 759. The summed E-state index contributed by atoms with van der Waals surface area (Å²) in [5.74, 6) is -0.759. The van der Waals surface area contributed by atoms with Gasteiger partial charge in [0.05, 0.1) is 16.1 Å². The van der Waals surface area contributed by atoms with Gasteiger partial charge in [-0.1, -0.05) is 25.4 Å². The fraction of sp³-hybridized carbons (Fsp3) is 0.529. The summed E-state index contributed by atoms with van der Waals surface area (Å²) >= 11 is 5.88. The van der Waals surface area contributed by atoms with Gasteiger partial charge in [-0.15, -0.1) is 0 Å². The quantitative estimate of drug-likeness (QED) is 0.855. The first-order valence-corrected chi connectivity index (χ1v) is 8.30. The Morgan fingerprint density at radius 2 is 2.09 bits per heavy atom. The predicted molar refractivity (Wildman–Crippen MR) is 89.3 cm³/mol. The molecular weight excluding hydrogens is 317 g/mol. The van der Waals surface area contributed by atoms with Crippen molar-refractivity contribution < 1.29 is 9.18 Å². The second-order valence-corrected chi connectivity index (χ2v) is 7.56. The summed E-state index contributed by atoms with van der Waals surface area (Å²) in [5.41, 5.74) is 1.42. The van der Waals surface area contributed by atoms with E-state index in [0.29, 0.717) is 22.5 Å². The van der Waals surface area contributed by atoms with Crippen molar-refractivity contribution in [2.75, 3.05) is 0 Å². The van der Waals surface area contributed by atoms with Gasteiger partial charge in [0.15, 0.2) is 5.82 Å². The summed E-state index contributed by atoms with van der Waals surface area (Å²) in [5, 5.41) is 3.27. The standard InChI is InChI=1S/C17H21ClFN3O/c1-9-13(18)14(19)11-8-12(22-15(11)20-9)16(23)21-10-4-6-17(2,3)7-5-10/h8,10H,4-7H2,1-3H3,(H,20,22)(H,21,23). The van der Waals surface area contributed by atoms with Gasteiger partial charge >= 0.3 is 0 Å². The molecule has 2 aromatic heterocycles. The molecule has 0 radical (unpaired) electrons. The molecule has 0 spiro atoms. The molecule has 0 aromatic carbocycles. The van der Waals surface area contributed by atoms with Gasteiger partial charge in [-0.25, -0.2) is 9.37 Å². The second-order valence-electron chi connectivity index (χ2n) is 7.18. The molecule has 1 aliphatic rings. The molecule has 0 aliphatic heterocycles. The first-order valence-electron chi connectivity index (χ1n) is 7.92. The highest BCUT2D eigenvalue weighted by atomic mass is 35.5. The lowest BCUT2D eigenvalue weighted by atomic mass is 9.75. The molecule has 2 N–H and O–H groups in total. The van der Waals surface area contributed by atoms with E-state index in [1.807, 2.05) is 0 Å². The number of aromatic nitrogens is 2. The van der Waals surface area contributed by atoms with E-state index < -0.39 is 5.82 Å². The number of carbonyl (C=O) groups is 1. The van der Waals surface area contributed by atoms with Crippen molar-refractivity contribution in [1.82, 2.24) is 15.3 Å². The number of nitrogens with zero attached hydrogens (tertiary/aromatic N) is 1. The lowest BCUT2D eigenvalue weighted by Crippen LogP contribution is -2.39. The van der Waals surface area contributed by atoms with Crippen molar-refractivity contribution in [2.24, 2.45) is 5.41 Å². The van der Waals surface area contributed by atoms with Crippen LogP contribution in [0.1, 0.15) is 55.7 Å². The third-order valence-corrected chi connectivity index (χ3v) is 5.18. The summed E-state index contributed by atoms with van der Waals surface area (Å²) in [4.78, 5) is 19.5. The molecule has 0 saturated heterocycles. The van der Waals surface area contributed by atoms with Crippen molar-refractivity contribution in [1.29, 1.82) is 0 Å². The minimum absolute atomic E-state index is 0.00188. The van der Waals surface area contributed by atoms with Gasteiger partial charge in [-0.2, -0.15) is 0 Å². The number of H-pyrrole nitrogens is 1. The summed E-state index contributed by atoms with van der Waals surface area (Å²) in [6.07, 6.45) is 4.12. The SMILES string of the molecule is Cc1nc2[nH]c(C(=O)NC3CCC(C)(C)CC3)cc2c(F)c1Cl. The molecule has 23 heavy (non-hydrogen) atoms. The Hall–Kier alpha value is -1.62. The zero-order valence-corrected chi connectivity index (χ0v) is 14.4. The number of rotatable bonds is 2. The van der Waals surface area contributed by atoms with Crippen LogP contribution in [0.4, 0.5) is 4.39 Å². The molecule has 1 saturated carbocycles. The van der Waals surface area contributed by atoms with Crippen LogP contribution in [0.25, 0.3) is 11.0 Å². The number of amides is 1. The Morgan fingerprint density at radius 1 is 1.43 bits per heavy atom. The maximum atomic E-state index is 14.2. The van der Waals surface area contributed by atoms with Crippen molar-refractivity contribution in [3.05, 3.63) is 28.3 Å². The van der Waals surface area contributed by atoms with Gasteiger partial charge in [-0.3, -0.25) is 4.79 Å². The van der Waals surface area contributed by atoms with Gasteiger partial charge in [0.1, 0.15) is 11.3 Å². The molecule has 4 nitrogen and oxygen atoms in total. The molecule has 1 aliphatic carbocycles.